The standard InChI is InChI=1S/C26H43FN2O2/c1-24(2,27)18-21-9-8-10-22(17-21)23(26(31)11-6-5-7-12-26)19-28-13-15-29(16-14-28)20-25(3,4)30/h8-10,17,23,30-31H,5-7,11-16,18-20H2,1-4H3. The molecule has 1 aromatic carbocycles. The molecule has 0 bridgehead atoms. The van der Waals surface area contributed by atoms with Crippen molar-refractivity contribution in [3.63, 3.8) is 0 Å². The van der Waals surface area contributed by atoms with Gasteiger partial charge < -0.3 is 15.1 Å². The summed E-state index contributed by atoms with van der Waals surface area (Å²) in [5.74, 6) is 0.0382. The fourth-order valence-electron chi connectivity index (χ4n) is 5.44. The minimum atomic E-state index is -1.24. The Kier molecular flexibility index (Phi) is 7.83. The van der Waals surface area contributed by atoms with Gasteiger partial charge in [-0.1, -0.05) is 43.5 Å². The van der Waals surface area contributed by atoms with Crippen molar-refractivity contribution in [1.29, 1.82) is 0 Å². The predicted octanol–water partition coefficient (Wildman–Crippen LogP) is 4.14. The Morgan fingerprint density at radius 3 is 2.19 bits per heavy atom. The number of hydrogen-bond donors (Lipinski definition) is 2. The zero-order chi connectivity index (χ0) is 22.7. The number of β-amino-alcohol motifs (C(OH)–C–C–N with tert-alkyl or cyclic N) is 1. The average Bonchev–Trinajstić information content (AvgIpc) is 2.65. The molecule has 31 heavy (non-hydrogen) atoms. The summed E-state index contributed by atoms with van der Waals surface area (Å²) in [6.07, 6.45) is 5.42. The van der Waals surface area contributed by atoms with Crippen molar-refractivity contribution in [1.82, 2.24) is 9.80 Å². The van der Waals surface area contributed by atoms with Crippen LogP contribution in [0.15, 0.2) is 24.3 Å². The molecule has 0 radical (unpaired) electrons. The van der Waals surface area contributed by atoms with Crippen molar-refractivity contribution in [2.75, 3.05) is 39.3 Å². The summed E-state index contributed by atoms with van der Waals surface area (Å²) in [6.45, 7) is 12.2. The van der Waals surface area contributed by atoms with Crippen LogP contribution < -0.4 is 0 Å². The lowest BCUT2D eigenvalue weighted by Gasteiger charge is -2.44. The van der Waals surface area contributed by atoms with E-state index in [0.717, 1.165) is 69.5 Å². The average molecular weight is 435 g/mol. The monoisotopic (exact) mass is 434 g/mol. The zero-order valence-corrected chi connectivity index (χ0v) is 20.0. The van der Waals surface area contributed by atoms with Gasteiger partial charge in [0, 0.05) is 51.6 Å². The molecule has 1 saturated carbocycles. The summed E-state index contributed by atoms with van der Waals surface area (Å²) < 4.78 is 14.3. The number of rotatable bonds is 8. The summed E-state index contributed by atoms with van der Waals surface area (Å²) in [7, 11) is 0. The van der Waals surface area contributed by atoms with Crippen LogP contribution in [0.2, 0.25) is 0 Å². The molecule has 4 nitrogen and oxygen atoms in total. The van der Waals surface area contributed by atoms with Crippen LogP contribution in [0.3, 0.4) is 0 Å². The van der Waals surface area contributed by atoms with Crippen LogP contribution in [0.5, 0.6) is 0 Å². The molecular weight excluding hydrogens is 391 g/mol. The van der Waals surface area contributed by atoms with E-state index < -0.39 is 16.9 Å². The van der Waals surface area contributed by atoms with Crippen LogP contribution in [0.4, 0.5) is 4.39 Å². The van der Waals surface area contributed by atoms with Crippen LogP contribution in [-0.2, 0) is 6.42 Å². The SMILES string of the molecule is CC(C)(O)CN1CCN(CC(c2cccc(CC(C)(C)F)c2)C2(O)CCCCC2)CC1. The number of halogens is 1. The van der Waals surface area contributed by atoms with Gasteiger partial charge in [-0.3, -0.25) is 4.90 Å². The van der Waals surface area contributed by atoms with E-state index in [2.05, 4.69) is 21.9 Å². The Labute approximate surface area is 188 Å². The highest BCUT2D eigenvalue weighted by molar-refractivity contribution is 5.30. The normalized spacial score (nSPS) is 22.4. The summed E-state index contributed by atoms with van der Waals surface area (Å²) in [5.41, 5.74) is -0.458. The lowest BCUT2D eigenvalue weighted by Crippen LogP contribution is -2.53. The Bertz CT molecular complexity index is 696. The summed E-state index contributed by atoms with van der Waals surface area (Å²) >= 11 is 0. The zero-order valence-electron chi connectivity index (χ0n) is 20.0. The molecule has 1 aliphatic heterocycles. The lowest BCUT2D eigenvalue weighted by molar-refractivity contribution is -0.0369. The van der Waals surface area contributed by atoms with Crippen LogP contribution in [-0.4, -0.2) is 76.2 Å². The maximum absolute atomic E-state index is 14.3. The Hall–Kier alpha value is -1.01. The predicted molar refractivity (Wildman–Crippen MR) is 125 cm³/mol. The third-order valence-corrected chi connectivity index (χ3v) is 6.86. The van der Waals surface area contributed by atoms with E-state index in [0.29, 0.717) is 13.0 Å². The van der Waals surface area contributed by atoms with Crippen molar-refractivity contribution in [3.05, 3.63) is 35.4 Å². The summed E-state index contributed by atoms with van der Waals surface area (Å²) in [6, 6.07) is 8.28. The third kappa shape index (κ3) is 7.52. The number of nitrogens with zero attached hydrogens (tertiary/aromatic N) is 2. The lowest BCUT2D eigenvalue weighted by atomic mass is 9.72. The Balaban J connectivity index is 1.75. The molecule has 2 fully saturated rings. The van der Waals surface area contributed by atoms with E-state index in [-0.39, 0.29) is 5.92 Å². The Morgan fingerprint density at radius 2 is 1.61 bits per heavy atom. The molecular formula is C26H43FN2O2. The third-order valence-electron chi connectivity index (χ3n) is 6.86. The summed E-state index contributed by atoms with van der Waals surface area (Å²) in [4.78, 5) is 4.79. The second kappa shape index (κ2) is 9.86. The number of alkyl halides is 1. The molecule has 3 rings (SSSR count). The first-order valence-electron chi connectivity index (χ1n) is 12.1. The minimum Gasteiger partial charge on any atom is -0.389 e. The van der Waals surface area contributed by atoms with E-state index in [9.17, 15) is 14.6 Å². The topological polar surface area (TPSA) is 46.9 Å². The van der Waals surface area contributed by atoms with Gasteiger partial charge in [0.05, 0.1) is 11.2 Å². The van der Waals surface area contributed by atoms with E-state index in [1.807, 2.05) is 26.0 Å². The van der Waals surface area contributed by atoms with E-state index >= 15 is 0 Å². The maximum Gasteiger partial charge on any atom is 0.109 e. The van der Waals surface area contributed by atoms with Crippen molar-refractivity contribution >= 4 is 0 Å². The highest BCUT2D eigenvalue weighted by atomic mass is 19.1. The first-order chi connectivity index (χ1) is 14.4. The molecule has 0 aromatic heterocycles. The van der Waals surface area contributed by atoms with E-state index in [1.54, 1.807) is 13.8 Å². The second-order valence-corrected chi connectivity index (χ2v) is 11.2. The highest BCUT2D eigenvalue weighted by Gasteiger charge is 2.40. The molecule has 2 N–H and O–H groups in total. The molecule has 2 aliphatic rings. The van der Waals surface area contributed by atoms with Gasteiger partial charge in [0.25, 0.3) is 0 Å². The van der Waals surface area contributed by atoms with Gasteiger partial charge in [-0.25, -0.2) is 4.39 Å². The van der Waals surface area contributed by atoms with Crippen molar-refractivity contribution in [2.24, 2.45) is 0 Å². The van der Waals surface area contributed by atoms with Crippen LogP contribution in [0.1, 0.15) is 76.8 Å². The maximum atomic E-state index is 14.3. The quantitative estimate of drug-likeness (QED) is 0.645. The largest absolute Gasteiger partial charge is 0.389 e. The van der Waals surface area contributed by atoms with Gasteiger partial charge in [-0.15, -0.1) is 0 Å². The molecule has 1 aliphatic carbocycles. The molecule has 1 atom stereocenters. The fraction of sp³-hybridized carbons (Fsp3) is 0.769. The molecule has 0 amide bonds. The Morgan fingerprint density at radius 1 is 1.00 bits per heavy atom. The molecule has 176 valence electrons. The number of benzene rings is 1. The number of aliphatic hydroxyl groups is 2. The fourth-order valence-corrected chi connectivity index (χ4v) is 5.44. The number of hydrogen-bond acceptors (Lipinski definition) is 4. The van der Waals surface area contributed by atoms with Gasteiger partial charge in [-0.05, 0) is 51.7 Å². The van der Waals surface area contributed by atoms with Crippen LogP contribution in [0, 0.1) is 0 Å². The smallest absolute Gasteiger partial charge is 0.109 e. The van der Waals surface area contributed by atoms with Gasteiger partial charge in [-0.2, -0.15) is 0 Å². The van der Waals surface area contributed by atoms with Crippen LogP contribution in [0.25, 0.3) is 0 Å². The molecule has 0 spiro atoms. The molecule has 1 aromatic rings. The second-order valence-electron chi connectivity index (χ2n) is 11.2. The van der Waals surface area contributed by atoms with Gasteiger partial charge >= 0.3 is 0 Å². The van der Waals surface area contributed by atoms with Crippen molar-refractivity contribution < 1.29 is 14.6 Å². The molecule has 5 heteroatoms. The molecule has 1 saturated heterocycles. The highest BCUT2D eigenvalue weighted by Crippen LogP contribution is 2.41. The first kappa shape index (κ1) is 24.6. The minimum absolute atomic E-state index is 0.0382. The van der Waals surface area contributed by atoms with Gasteiger partial charge in [0.1, 0.15) is 5.67 Å². The first-order valence-corrected chi connectivity index (χ1v) is 12.1. The van der Waals surface area contributed by atoms with Crippen molar-refractivity contribution in [3.8, 4) is 0 Å². The van der Waals surface area contributed by atoms with Gasteiger partial charge in [0.2, 0.25) is 0 Å². The van der Waals surface area contributed by atoms with E-state index in [1.165, 1.54) is 6.42 Å². The van der Waals surface area contributed by atoms with Gasteiger partial charge in [0.15, 0.2) is 0 Å². The van der Waals surface area contributed by atoms with Crippen LogP contribution >= 0.6 is 0 Å². The molecule has 1 unspecified atom stereocenters. The van der Waals surface area contributed by atoms with E-state index in [4.69, 9.17) is 0 Å². The van der Waals surface area contributed by atoms with Crippen molar-refractivity contribution in [2.45, 2.75) is 89.0 Å². The summed E-state index contributed by atoms with van der Waals surface area (Å²) in [5, 5.41) is 21.8. The molecule has 1 heterocycles. The number of piperazine rings is 1.